The van der Waals surface area contributed by atoms with Gasteiger partial charge in [-0.05, 0) is 0 Å². The van der Waals surface area contributed by atoms with Gasteiger partial charge in [0, 0.05) is 30.9 Å². The van der Waals surface area contributed by atoms with Gasteiger partial charge in [-0.25, -0.2) is 0 Å². The van der Waals surface area contributed by atoms with E-state index in [0.29, 0.717) is 36.1 Å². The molecular weight excluding hydrogens is 276 g/mol. The van der Waals surface area contributed by atoms with Gasteiger partial charge in [0.2, 0.25) is 5.75 Å². The first-order valence-corrected chi connectivity index (χ1v) is 6.62. The molecule has 1 aromatic carbocycles. The number of carbonyl (C=O) groups excluding carboxylic acids is 1. The van der Waals surface area contributed by atoms with Crippen LogP contribution in [0.3, 0.4) is 0 Å². The van der Waals surface area contributed by atoms with Crippen LogP contribution in [0.5, 0.6) is 17.2 Å². The Morgan fingerprint density at radius 2 is 1.90 bits per heavy atom. The fraction of sp³-hybridized carbons (Fsp3) is 0.500. The van der Waals surface area contributed by atoms with E-state index < -0.39 is 6.10 Å². The van der Waals surface area contributed by atoms with Gasteiger partial charge in [-0.3, -0.25) is 4.79 Å². The lowest BCUT2D eigenvalue weighted by Gasteiger charge is -2.23. The maximum Gasteiger partial charge on any atom is 0.254 e. The summed E-state index contributed by atoms with van der Waals surface area (Å²) in [6.07, 6.45) is -0.502. The summed E-state index contributed by atoms with van der Waals surface area (Å²) in [5.41, 5.74) is 0.559. The Morgan fingerprint density at radius 1 is 1.24 bits per heavy atom. The quantitative estimate of drug-likeness (QED) is 0.830. The molecule has 1 aliphatic rings. The Labute approximate surface area is 123 Å². The first-order chi connectivity index (χ1) is 10.2. The number of amides is 1. The maximum atomic E-state index is 12.1. The second-order valence-corrected chi connectivity index (χ2v) is 4.47. The molecule has 0 radical (unpaired) electrons. The average Bonchev–Trinajstić information content (AvgIpc) is 2.54. The predicted octanol–water partition coefficient (Wildman–Crippen LogP) is 0.639. The van der Waals surface area contributed by atoms with E-state index in [9.17, 15) is 4.79 Å². The van der Waals surface area contributed by atoms with E-state index in [1.807, 2.05) is 0 Å². The number of anilines is 1. The Hall–Kier alpha value is -1.99. The van der Waals surface area contributed by atoms with Crippen molar-refractivity contribution in [3.63, 3.8) is 0 Å². The Bertz CT molecular complexity index is 475. The molecule has 1 aromatic rings. The lowest BCUT2D eigenvalue weighted by atomic mass is 10.2. The molecule has 1 fully saturated rings. The summed E-state index contributed by atoms with van der Waals surface area (Å²) in [6, 6.07) is 3.35. The van der Waals surface area contributed by atoms with Crippen molar-refractivity contribution in [2.75, 3.05) is 46.3 Å². The Morgan fingerprint density at radius 3 is 2.38 bits per heavy atom. The molecule has 2 rings (SSSR count). The van der Waals surface area contributed by atoms with Gasteiger partial charge in [-0.1, -0.05) is 0 Å². The summed E-state index contributed by atoms with van der Waals surface area (Å²) >= 11 is 0. The first-order valence-electron chi connectivity index (χ1n) is 6.62. The van der Waals surface area contributed by atoms with E-state index in [4.69, 9.17) is 18.9 Å². The van der Waals surface area contributed by atoms with E-state index >= 15 is 0 Å². The van der Waals surface area contributed by atoms with Gasteiger partial charge in [0.25, 0.3) is 5.91 Å². The normalized spacial score (nSPS) is 18.0. The summed E-state index contributed by atoms with van der Waals surface area (Å²) in [5.74, 6) is 1.23. The van der Waals surface area contributed by atoms with Crippen LogP contribution in [0.4, 0.5) is 5.69 Å². The molecule has 1 aliphatic heterocycles. The average molecular weight is 296 g/mol. The minimum absolute atomic E-state index is 0.212. The molecule has 21 heavy (non-hydrogen) atoms. The van der Waals surface area contributed by atoms with E-state index in [-0.39, 0.29) is 5.91 Å². The largest absolute Gasteiger partial charge is 0.493 e. The minimum Gasteiger partial charge on any atom is -0.493 e. The van der Waals surface area contributed by atoms with Crippen molar-refractivity contribution in [2.45, 2.75) is 6.10 Å². The van der Waals surface area contributed by atoms with Crippen molar-refractivity contribution < 1.29 is 23.7 Å². The van der Waals surface area contributed by atoms with Crippen LogP contribution in [0.2, 0.25) is 0 Å². The van der Waals surface area contributed by atoms with E-state index in [1.54, 1.807) is 12.1 Å². The zero-order valence-electron chi connectivity index (χ0n) is 12.4. The van der Waals surface area contributed by atoms with Crippen LogP contribution < -0.4 is 24.8 Å². The molecule has 1 heterocycles. The van der Waals surface area contributed by atoms with Crippen LogP contribution in [0.1, 0.15) is 0 Å². The van der Waals surface area contributed by atoms with Gasteiger partial charge in [-0.2, -0.15) is 0 Å². The number of rotatable bonds is 5. The molecule has 7 nitrogen and oxygen atoms in total. The summed E-state index contributed by atoms with van der Waals surface area (Å²) in [5, 5.41) is 5.90. The predicted molar refractivity (Wildman–Crippen MR) is 77.3 cm³/mol. The highest BCUT2D eigenvalue weighted by Crippen LogP contribution is 2.39. The topological polar surface area (TPSA) is 78.1 Å². The monoisotopic (exact) mass is 296 g/mol. The van der Waals surface area contributed by atoms with Crippen molar-refractivity contribution in [1.29, 1.82) is 0 Å². The van der Waals surface area contributed by atoms with E-state index in [1.165, 1.54) is 21.3 Å². The van der Waals surface area contributed by atoms with Crippen LogP contribution in [-0.2, 0) is 9.53 Å². The highest BCUT2D eigenvalue weighted by atomic mass is 16.5. The molecule has 0 spiro atoms. The first kappa shape index (κ1) is 15.4. The molecule has 7 heteroatoms. The molecule has 1 atom stereocenters. The van der Waals surface area contributed by atoms with Crippen LogP contribution in [0, 0.1) is 0 Å². The van der Waals surface area contributed by atoms with E-state index in [0.717, 1.165) is 6.54 Å². The third-order valence-corrected chi connectivity index (χ3v) is 3.15. The molecule has 2 N–H and O–H groups in total. The molecule has 1 saturated heterocycles. The van der Waals surface area contributed by atoms with Crippen molar-refractivity contribution in [3.05, 3.63) is 12.1 Å². The number of ether oxygens (including phenoxy) is 4. The highest BCUT2D eigenvalue weighted by molar-refractivity contribution is 5.95. The third-order valence-electron chi connectivity index (χ3n) is 3.15. The number of hydrogen-bond acceptors (Lipinski definition) is 6. The fourth-order valence-corrected chi connectivity index (χ4v) is 2.11. The SMILES string of the molecule is COc1cc(NC(=O)C2CNCCO2)cc(OC)c1OC. The Kier molecular flexibility index (Phi) is 5.24. The van der Waals surface area contributed by atoms with Crippen molar-refractivity contribution in [2.24, 2.45) is 0 Å². The molecule has 0 bridgehead atoms. The summed E-state index contributed by atoms with van der Waals surface area (Å²) in [7, 11) is 4.58. The number of hydrogen-bond donors (Lipinski definition) is 2. The summed E-state index contributed by atoms with van der Waals surface area (Å²) < 4.78 is 21.1. The summed E-state index contributed by atoms with van der Waals surface area (Å²) in [4.78, 5) is 12.1. The van der Waals surface area contributed by atoms with Crippen LogP contribution in [-0.4, -0.2) is 53.0 Å². The molecule has 1 unspecified atom stereocenters. The standard InChI is InChI=1S/C14H20N2O5/c1-18-10-6-9(7-11(19-2)13(10)20-3)16-14(17)12-8-15-4-5-21-12/h6-7,12,15H,4-5,8H2,1-3H3,(H,16,17). The number of morpholine rings is 1. The van der Waals surface area contributed by atoms with Gasteiger partial charge in [-0.15, -0.1) is 0 Å². The second kappa shape index (κ2) is 7.14. The molecular formula is C14H20N2O5. The van der Waals surface area contributed by atoms with Crippen LogP contribution in [0.25, 0.3) is 0 Å². The third kappa shape index (κ3) is 3.56. The highest BCUT2D eigenvalue weighted by Gasteiger charge is 2.23. The maximum absolute atomic E-state index is 12.1. The lowest BCUT2D eigenvalue weighted by molar-refractivity contribution is -0.128. The second-order valence-electron chi connectivity index (χ2n) is 4.47. The number of nitrogens with one attached hydrogen (secondary N) is 2. The van der Waals surface area contributed by atoms with Gasteiger partial charge in [0.15, 0.2) is 11.5 Å². The zero-order chi connectivity index (χ0) is 15.2. The lowest BCUT2D eigenvalue weighted by Crippen LogP contribution is -2.45. The van der Waals surface area contributed by atoms with Crippen molar-refractivity contribution in [3.8, 4) is 17.2 Å². The smallest absolute Gasteiger partial charge is 0.254 e. The Balaban J connectivity index is 2.17. The van der Waals surface area contributed by atoms with Crippen molar-refractivity contribution >= 4 is 11.6 Å². The molecule has 0 aliphatic carbocycles. The molecule has 0 saturated carbocycles. The minimum atomic E-state index is -0.502. The van der Waals surface area contributed by atoms with E-state index in [2.05, 4.69) is 10.6 Å². The number of methoxy groups -OCH3 is 3. The fourth-order valence-electron chi connectivity index (χ4n) is 2.11. The van der Waals surface area contributed by atoms with Crippen LogP contribution >= 0.6 is 0 Å². The van der Waals surface area contributed by atoms with Gasteiger partial charge in [0.05, 0.1) is 27.9 Å². The summed E-state index contributed by atoms with van der Waals surface area (Å²) in [6.45, 7) is 1.78. The van der Waals surface area contributed by atoms with Crippen LogP contribution in [0.15, 0.2) is 12.1 Å². The number of carbonyl (C=O) groups is 1. The van der Waals surface area contributed by atoms with Gasteiger partial charge >= 0.3 is 0 Å². The molecule has 0 aromatic heterocycles. The zero-order valence-corrected chi connectivity index (χ0v) is 12.4. The van der Waals surface area contributed by atoms with Gasteiger partial charge in [0.1, 0.15) is 6.10 Å². The number of benzene rings is 1. The molecule has 116 valence electrons. The van der Waals surface area contributed by atoms with Gasteiger partial charge < -0.3 is 29.6 Å². The molecule has 1 amide bonds. The van der Waals surface area contributed by atoms with Crippen molar-refractivity contribution in [1.82, 2.24) is 5.32 Å².